The van der Waals surface area contributed by atoms with Crippen LogP contribution in [0.1, 0.15) is 0 Å². The zero-order valence-corrected chi connectivity index (χ0v) is 32.5. The van der Waals surface area contributed by atoms with Gasteiger partial charge in [-0.2, -0.15) is 0 Å². The van der Waals surface area contributed by atoms with Gasteiger partial charge in [0.15, 0.2) is 0 Å². The Morgan fingerprint density at radius 1 is 0.321 bits per heavy atom. The number of pyridine rings is 6. The Morgan fingerprint density at radius 3 is 0.925 bits per heavy atom. The van der Waals surface area contributed by atoms with Crippen LogP contribution in [0.5, 0.6) is 0 Å². The largest absolute Gasteiger partial charge is 2.00 e. The molecule has 0 aliphatic heterocycles. The van der Waals surface area contributed by atoms with Crippen molar-refractivity contribution in [1.29, 1.82) is 0 Å². The Bertz CT molecular complexity index is 2820. The second-order valence-electron chi connectivity index (χ2n) is 11.9. The first-order chi connectivity index (χ1) is 25.6. The van der Waals surface area contributed by atoms with Gasteiger partial charge in [-0.25, -0.2) is 9.97 Å². The van der Waals surface area contributed by atoms with E-state index in [2.05, 4.69) is 110 Å². The number of hydrogen-bond acceptors (Lipinski definition) is 8. The molecule has 0 radical (unpaired) electrons. The maximum absolute atomic E-state index is 4.88. The van der Waals surface area contributed by atoms with Gasteiger partial charge >= 0.3 is 19.5 Å². The Labute approximate surface area is 331 Å². The molecule has 4 aromatic carbocycles. The zero-order valence-electron chi connectivity index (χ0n) is 27.5. The van der Waals surface area contributed by atoms with E-state index in [1.807, 2.05) is 60.7 Å². The second-order valence-corrected chi connectivity index (χ2v) is 13.6. The summed E-state index contributed by atoms with van der Waals surface area (Å²) in [4.78, 5) is 36.2. The van der Waals surface area contributed by atoms with Gasteiger partial charge in [-0.05, 0) is 92.5 Å². The fraction of sp³-hybridized carbons (Fsp3) is 0. The van der Waals surface area contributed by atoms with E-state index in [0.717, 1.165) is 96.4 Å². The molecule has 53 heavy (non-hydrogen) atoms. The molecule has 11 rings (SSSR count). The van der Waals surface area contributed by atoms with E-state index in [-0.39, 0.29) is 19.5 Å². The van der Waals surface area contributed by atoms with Crippen molar-refractivity contribution in [3.63, 3.8) is 0 Å². The first kappa shape index (κ1) is 34.6. The topological polar surface area (TPSA) is 103 Å². The predicted molar refractivity (Wildman–Crippen MR) is 217 cm³/mol. The third-order valence-electron chi connectivity index (χ3n) is 8.75. The number of rotatable bonds is 0. The average Bonchev–Trinajstić information content (AvgIpc) is 3.21. The van der Waals surface area contributed by atoms with Crippen molar-refractivity contribution < 1.29 is 19.5 Å². The van der Waals surface area contributed by atoms with Crippen LogP contribution in [0.4, 0.5) is 0 Å². The fourth-order valence-electron chi connectivity index (χ4n) is 6.36. The van der Waals surface area contributed by atoms with Crippen LogP contribution in [-0.2, 0) is 19.5 Å². The molecule has 0 bridgehead atoms. The van der Waals surface area contributed by atoms with Gasteiger partial charge in [0.25, 0.3) is 0 Å². The van der Waals surface area contributed by atoms with Crippen LogP contribution in [0.3, 0.4) is 0 Å². The maximum atomic E-state index is 4.88. The van der Waals surface area contributed by atoms with Gasteiger partial charge in [0.05, 0.1) is 55.2 Å². The van der Waals surface area contributed by atoms with E-state index in [0.29, 0.717) is 0 Å². The van der Waals surface area contributed by atoms with Gasteiger partial charge < -0.3 is 0 Å². The van der Waals surface area contributed by atoms with E-state index >= 15 is 0 Å². The molecule has 0 N–H and O–H groups in total. The molecule has 0 atom stereocenters. The molecule has 7 aromatic heterocycles. The molecule has 11 aromatic rings. The summed E-state index contributed by atoms with van der Waals surface area (Å²) in [7, 11) is 0. The smallest absolute Gasteiger partial charge is 0.254 e. The molecule has 0 unspecified atom stereocenters. The van der Waals surface area contributed by atoms with Crippen molar-refractivity contribution in [3.05, 3.63) is 155 Å². The minimum atomic E-state index is 0. The monoisotopic (exact) mass is 900 g/mol. The molecule has 8 nitrogen and oxygen atoms in total. The van der Waals surface area contributed by atoms with E-state index in [1.165, 1.54) is 0 Å². The van der Waals surface area contributed by atoms with E-state index < -0.39 is 0 Å². The molecule has 0 saturated carbocycles. The van der Waals surface area contributed by atoms with Crippen LogP contribution >= 0.6 is 31.9 Å². The van der Waals surface area contributed by atoms with E-state index in [1.54, 1.807) is 37.2 Å². The van der Waals surface area contributed by atoms with Gasteiger partial charge in [0, 0.05) is 78.4 Å². The first-order valence-electron chi connectivity index (χ1n) is 16.4. The van der Waals surface area contributed by atoms with Gasteiger partial charge in [0.2, 0.25) is 0 Å². The molecule has 7 heterocycles. The normalized spacial score (nSPS) is 11.1. The number of nitrogens with zero attached hydrogens (tertiary/aromatic N) is 8. The molecular weight excluding hydrogens is 877 g/mol. The minimum Gasteiger partial charge on any atom is -0.254 e. The van der Waals surface area contributed by atoms with Gasteiger partial charge in [-0.15, -0.1) is 0 Å². The molecule has 0 amide bonds. The standard InChI is InChI=1S/C18H8Br2N4.2C12H8N2.Ru/c19-11-7-13-14(8-12(11)20)24-18-10-4-2-6-22-16(10)15-9(17(18)23-13)3-1-5-21-15;2*1-3-9-5-6-10-4-2-8-14-12(10)11(9)13-7-1;/h1-8H;2*1-8H;/q;;;+2. The summed E-state index contributed by atoms with van der Waals surface area (Å²) < 4.78 is 1.90. The number of aromatic nitrogens is 8. The first-order valence-corrected chi connectivity index (χ1v) is 18.0. The fourth-order valence-corrected chi connectivity index (χ4v) is 7.02. The molecule has 11 heteroatoms. The van der Waals surface area contributed by atoms with Crippen LogP contribution in [0.2, 0.25) is 0 Å². The Balaban J connectivity index is 0.000000119. The average molecular weight is 902 g/mol. The number of halogens is 2. The van der Waals surface area contributed by atoms with Crippen molar-refractivity contribution in [1.82, 2.24) is 39.9 Å². The molecule has 0 spiro atoms. The SMILES string of the molecule is Brc1cc2nc3c4cccnc4c4ncccc4c3nc2cc1Br.[Ru+2].c1cnc2c(c1)ccc1cccnc12.c1cnc2c(c1)ccc1cccnc12. The van der Waals surface area contributed by atoms with E-state index in [4.69, 9.17) is 9.97 Å². The predicted octanol–water partition coefficient (Wildman–Crippen LogP) is 11.0. The van der Waals surface area contributed by atoms with Crippen LogP contribution in [0.15, 0.2) is 155 Å². The Morgan fingerprint density at radius 2 is 0.604 bits per heavy atom. The summed E-state index contributed by atoms with van der Waals surface area (Å²) in [5.41, 5.74) is 8.99. The van der Waals surface area contributed by atoms with Crippen molar-refractivity contribution in [2.24, 2.45) is 0 Å². The number of hydrogen-bond donors (Lipinski definition) is 0. The van der Waals surface area contributed by atoms with Crippen LogP contribution in [0.25, 0.3) is 87.5 Å². The van der Waals surface area contributed by atoms with E-state index in [9.17, 15) is 0 Å². The molecular formula is C42H24Br2N8Ru+2. The summed E-state index contributed by atoms with van der Waals surface area (Å²) in [6.07, 6.45) is 10.8. The molecule has 0 fully saturated rings. The summed E-state index contributed by atoms with van der Waals surface area (Å²) in [5, 5.41) is 6.48. The summed E-state index contributed by atoms with van der Waals surface area (Å²) in [6.45, 7) is 0. The second kappa shape index (κ2) is 14.9. The third-order valence-corrected chi connectivity index (χ3v) is 10.6. The number of fused-ring (bicyclic) bond motifs is 13. The summed E-state index contributed by atoms with van der Waals surface area (Å²) in [6, 6.07) is 36.1. The van der Waals surface area contributed by atoms with Gasteiger partial charge in [-0.3, -0.25) is 29.9 Å². The molecule has 0 aliphatic carbocycles. The minimum absolute atomic E-state index is 0. The summed E-state index contributed by atoms with van der Waals surface area (Å²) >= 11 is 7.07. The van der Waals surface area contributed by atoms with Crippen molar-refractivity contribution in [3.8, 4) is 0 Å². The maximum Gasteiger partial charge on any atom is 2.00 e. The van der Waals surface area contributed by atoms with Crippen LogP contribution in [-0.4, -0.2) is 39.9 Å². The summed E-state index contributed by atoms with van der Waals surface area (Å²) in [5.74, 6) is 0. The van der Waals surface area contributed by atoms with Crippen molar-refractivity contribution in [2.45, 2.75) is 0 Å². The van der Waals surface area contributed by atoms with Gasteiger partial charge in [0.1, 0.15) is 0 Å². The third kappa shape index (κ3) is 6.57. The van der Waals surface area contributed by atoms with Crippen molar-refractivity contribution >= 4 is 119 Å². The number of benzene rings is 4. The Kier molecular flexibility index (Phi) is 9.71. The van der Waals surface area contributed by atoms with Gasteiger partial charge in [-0.1, -0.05) is 48.5 Å². The van der Waals surface area contributed by atoms with Crippen LogP contribution < -0.4 is 0 Å². The molecule has 0 aliphatic rings. The Hall–Kier alpha value is -5.48. The zero-order chi connectivity index (χ0) is 35.0. The van der Waals surface area contributed by atoms with Crippen LogP contribution in [0, 0.1) is 0 Å². The molecule has 252 valence electrons. The van der Waals surface area contributed by atoms with Crippen molar-refractivity contribution in [2.75, 3.05) is 0 Å². The quantitative estimate of drug-likeness (QED) is 0.0842. The molecule has 0 saturated heterocycles.